The predicted molar refractivity (Wildman–Crippen MR) is 161 cm³/mol. The molecule has 11 nitrogen and oxygen atoms in total. The van der Waals surface area contributed by atoms with Crippen molar-refractivity contribution in [3.8, 4) is 6.07 Å². The van der Waals surface area contributed by atoms with Gasteiger partial charge < -0.3 is 20.4 Å². The lowest BCUT2D eigenvalue weighted by Crippen LogP contribution is -2.44. The van der Waals surface area contributed by atoms with Crippen LogP contribution in [0.5, 0.6) is 0 Å². The first-order chi connectivity index (χ1) is 21.3. The van der Waals surface area contributed by atoms with E-state index in [9.17, 15) is 31.2 Å². The second kappa shape index (κ2) is 14.9. The van der Waals surface area contributed by atoms with E-state index in [1.165, 1.54) is 0 Å². The van der Waals surface area contributed by atoms with Gasteiger partial charge in [-0.05, 0) is 74.6 Å². The number of alkyl halides is 3. The average Bonchev–Trinajstić information content (AvgIpc) is 3.50. The van der Waals surface area contributed by atoms with Crippen LogP contribution in [0.4, 0.5) is 24.7 Å². The number of pyridine rings is 1. The number of nitriles is 1. The zero-order valence-electron chi connectivity index (χ0n) is 24.7. The van der Waals surface area contributed by atoms with Crippen molar-refractivity contribution in [1.29, 1.82) is 5.26 Å². The van der Waals surface area contributed by atoms with Crippen molar-refractivity contribution in [3.05, 3.63) is 53.2 Å². The van der Waals surface area contributed by atoms with E-state index >= 15 is 0 Å². The highest BCUT2D eigenvalue weighted by atomic mass is 32.2. The van der Waals surface area contributed by atoms with Gasteiger partial charge in [0.25, 0.3) is 10.1 Å². The molecule has 0 spiro atoms. The summed E-state index contributed by atoms with van der Waals surface area (Å²) < 4.78 is 72.1. The van der Waals surface area contributed by atoms with Gasteiger partial charge in [0.1, 0.15) is 23.4 Å². The molecule has 2 saturated heterocycles. The molecule has 0 aliphatic carbocycles. The largest absolute Gasteiger partial charge is 0.433 e. The first-order valence-corrected chi connectivity index (χ1v) is 16.5. The fraction of sp³-hybridized carbons (Fsp3) is 0.533. The lowest BCUT2D eigenvalue weighted by atomic mass is 9.91. The highest BCUT2D eigenvalue weighted by molar-refractivity contribution is 7.85. The number of amides is 2. The van der Waals surface area contributed by atoms with Crippen molar-refractivity contribution in [2.75, 3.05) is 41.9 Å². The molecular formula is C30H37F3N6O5S. The maximum atomic E-state index is 13.9. The van der Waals surface area contributed by atoms with Gasteiger partial charge in [0.05, 0.1) is 11.6 Å². The maximum absolute atomic E-state index is 13.9. The van der Waals surface area contributed by atoms with Crippen LogP contribution >= 0.6 is 0 Å². The van der Waals surface area contributed by atoms with Crippen molar-refractivity contribution >= 4 is 33.4 Å². The van der Waals surface area contributed by atoms with Crippen LogP contribution in [0.15, 0.2) is 36.4 Å². The molecule has 15 heteroatoms. The molecule has 4 rings (SSSR count). The Hall–Kier alpha value is -3.90. The number of piperidine rings is 1. The lowest BCUT2D eigenvalue weighted by molar-refractivity contribution is -0.141. The smallest absolute Gasteiger partial charge is 0.371 e. The van der Waals surface area contributed by atoms with Gasteiger partial charge in [0.15, 0.2) is 0 Å². The molecule has 0 saturated carbocycles. The van der Waals surface area contributed by atoms with Gasteiger partial charge in [0.2, 0.25) is 11.8 Å². The third kappa shape index (κ3) is 10.1. The van der Waals surface area contributed by atoms with Gasteiger partial charge in [-0.25, -0.2) is 4.98 Å². The van der Waals surface area contributed by atoms with Crippen molar-refractivity contribution in [2.45, 2.75) is 63.6 Å². The summed E-state index contributed by atoms with van der Waals surface area (Å²) >= 11 is 0. The second-order valence-electron chi connectivity index (χ2n) is 11.4. The third-order valence-electron chi connectivity index (χ3n) is 8.18. The fourth-order valence-electron chi connectivity index (χ4n) is 5.78. The molecule has 2 fully saturated rings. The first-order valence-electron chi connectivity index (χ1n) is 14.9. The number of aromatic nitrogens is 1. The summed E-state index contributed by atoms with van der Waals surface area (Å²) in [4.78, 5) is 32.4. The number of carbonyl (C=O) groups is 2. The number of nitrogens with one attached hydrogen (secondary N) is 2. The Kier molecular flexibility index (Phi) is 11.3. The molecule has 3 N–H and O–H groups in total. The van der Waals surface area contributed by atoms with Crippen LogP contribution in [0.1, 0.15) is 61.8 Å². The Morgan fingerprint density at radius 1 is 1.07 bits per heavy atom. The molecule has 2 amide bonds. The van der Waals surface area contributed by atoms with Crippen LogP contribution in [0, 0.1) is 17.2 Å². The number of anilines is 2. The topological polar surface area (TPSA) is 156 Å². The summed E-state index contributed by atoms with van der Waals surface area (Å²) in [6, 6.07) is 11.1. The maximum Gasteiger partial charge on any atom is 0.433 e. The van der Waals surface area contributed by atoms with Gasteiger partial charge in [-0.1, -0.05) is 12.1 Å². The Balaban J connectivity index is 1.35. The number of nitrogens with zero attached hydrogens (tertiary/aromatic N) is 4. The normalized spacial score (nSPS) is 17.6. The third-order valence-corrected chi connectivity index (χ3v) is 8.69. The van der Waals surface area contributed by atoms with Crippen LogP contribution in [0.25, 0.3) is 0 Å². The van der Waals surface area contributed by atoms with E-state index in [2.05, 4.69) is 21.7 Å². The van der Waals surface area contributed by atoms with E-state index in [0.717, 1.165) is 11.6 Å². The van der Waals surface area contributed by atoms with Gasteiger partial charge >= 0.3 is 6.18 Å². The van der Waals surface area contributed by atoms with E-state index in [0.29, 0.717) is 82.4 Å². The zero-order valence-corrected chi connectivity index (χ0v) is 25.5. The molecule has 45 heavy (non-hydrogen) atoms. The van der Waals surface area contributed by atoms with Crippen molar-refractivity contribution in [2.24, 2.45) is 5.92 Å². The molecule has 1 aromatic heterocycles. The van der Waals surface area contributed by atoms with E-state index < -0.39 is 39.8 Å². The highest BCUT2D eigenvalue weighted by Crippen LogP contribution is 2.36. The summed E-state index contributed by atoms with van der Waals surface area (Å²) in [6.45, 7) is 1.78. The average molecular weight is 651 g/mol. The van der Waals surface area contributed by atoms with Gasteiger partial charge in [-0.15, -0.1) is 0 Å². The Morgan fingerprint density at radius 2 is 1.78 bits per heavy atom. The minimum absolute atomic E-state index is 0.110. The van der Waals surface area contributed by atoms with E-state index in [-0.39, 0.29) is 24.1 Å². The quantitative estimate of drug-likeness (QED) is 0.292. The molecule has 1 unspecified atom stereocenters. The zero-order chi connectivity index (χ0) is 32.6. The van der Waals surface area contributed by atoms with Gasteiger partial charge in [0, 0.05) is 44.4 Å². The number of hydrogen-bond donors (Lipinski definition) is 3. The van der Waals surface area contributed by atoms with Crippen LogP contribution in [0.3, 0.4) is 0 Å². The van der Waals surface area contributed by atoms with E-state index in [1.807, 2.05) is 17.0 Å². The predicted octanol–water partition coefficient (Wildman–Crippen LogP) is 3.65. The van der Waals surface area contributed by atoms with Crippen LogP contribution in [0.2, 0.25) is 0 Å². The van der Waals surface area contributed by atoms with Gasteiger partial charge in [-0.3, -0.25) is 14.1 Å². The second-order valence-corrected chi connectivity index (χ2v) is 12.9. The summed E-state index contributed by atoms with van der Waals surface area (Å²) in [5, 5.41) is 14.0. The van der Waals surface area contributed by atoms with Crippen molar-refractivity contribution < 1.29 is 35.7 Å². The van der Waals surface area contributed by atoms with Gasteiger partial charge in [-0.2, -0.15) is 26.9 Å². The SMILES string of the molecule is N#Cc1ccc(CCNC(=O)C2CCCN2c2cc(N3CCC(CCCC(=O)NCS(=O)(=O)O)CC3)cc(C(F)(F)F)n2)cc1. The fourth-order valence-corrected chi connectivity index (χ4v) is 6.12. The molecule has 3 heterocycles. The van der Waals surface area contributed by atoms with Crippen LogP contribution in [-0.4, -0.2) is 67.9 Å². The summed E-state index contributed by atoms with van der Waals surface area (Å²) in [7, 11) is -4.28. The molecule has 2 aromatic rings. The van der Waals surface area contributed by atoms with E-state index in [1.54, 1.807) is 23.1 Å². The number of benzene rings is 1. The molecule has 0 radical (unpaired) electrons. The molecule has 2 aliphatic heterocycles. The van der Waals surface area contributed by atoms with Crippen LogP contribution in [-0.2, 0) is 32.3 Å². The molecule has 244 valence electrons. The highest BCUT2D eigenvalue weighted by Gasteiger charge is 2.37. The van der Waals surface area contributed by atoms with E-state index in [4.69, 9.17) is 9.81 Å². The summed E-state index contributed by atoms with van der Waals surface area (Å²) in [5.41, 5.74) is 0.870. The number of rotatable bonds is 12. The molecule has 2 aliphatic rings. The van der Waals surface area contributed by atoms with Crippen molar-refractivity contribution in [3.63, 3.8) is 0 Å². The number of halogens is 3. The lowest BCUT2D eigenvalue weighted by Gasteiger charge is -2.35. The standard InChI is InChI=1S/C30H37F3N6O5S/c31-30(32,33)26-17-24(38-15-11-21(12-16-38)3-1-5-28(40)36-20-45(42,43)44)18-27(37-26)39-14-2-4-25(39)29(41)35-13-10-22-6-8-23(19-34)9-7-22/h6-9,17-18,21,25H,1-5,10-16,20H2,(H,35,41)(H,36,40)(H,42,43,44). The monoisotopic (exact) mass is 650 g/mol. The Labute approximate surface area is 260 Å². The van der Waals surface area contributed by atoms with Crippen molar-refractivity contribution in [1.82, 2.24) is 15.6 Å². The molecule has 1 aromatic carbocycles. The molecule has 0 bridgehead atoms. The molecular weight excluding hydrogens is 613 g/mol. The summed E-state index contributed by atoms with van der Waals surface area (Å²) in [5.74, 6) is -1.21. The first kappa shape index (κ1) is 34.0. The minimum atomic E-state index is -4.67. The van der Waals surface area contributed by atoms with Crippen LogP contribution < -0.4 is 20.4 Å². The number of carbonyl (C=O) groups excluding carboxylic acids is 2. The minimum Gasteiger partial charge on any atom is -0.371 e. The number of hydrogen-bond acceptors (Lipinski definition) is 8. The molecule has 1 atom stereocenters. The Bertz CT molecular complexity index is 1490. The Morgan fingerprint density at radius 3 is 2.42 bits per heavy atom. The summed E-state index contributed by atoms with van der Waals surface area (Å²) in [6.07, 6.45) is -0.234.